The van der Waals surface area contributed by atoms with Crippen molar-refractivity contribution in [2.75, 3.05) is 0 Å². The number of aliphatic carboxylic acids is 2. The first kappa shape index (κ1) is 49.2. The Morgan fingerprint density at radius 2 is 0.533 bits per heavy atom. The topological polar surface area (TPSA) is 80.3 Å². The molecule has 0 aromatic carbocycles. The van der Waals surface area contributed by atoms with Gasteiger partial charge in [0.05, 0.1) is 0 Å². The summed E-state index contributed by atoms with van der Waals surface area (Å²) in [6, 6.07) is 0. The van der Waals surface area contributed by atoms with Crippen molar-refractivity contribution in [3.8, 4) is 0 Å². The van der Waals surface area contributed by atoms with E-state index in [2.05, 4.69) is 27.7 Å². The zero-order valence-corrected chi connectivity index (χ0v) is 34.6. The van der Waals surface area contributed by atoms with E-state index >= 15 is 0 Å². The van der Waals surface area contributed by atoms with Crippen LogP contribution < -0.4 is 10.2 Å². The van der Waals surface area contributed by atoms with Gasteiger partial charge in [-0.25, -0.2) is 0 Å². The fourth-order valence-electron chi connectivity index (χ4n) is 5.28. The number of hydrogen-bond donors (Lipinski definition) is 0. The first-order valence-corrected chi connectivity index (χ1v) is 24.9. The fourth-order valence-corrected chi connectivity index (χ4v) is 9.63. The molecule has 0 atom stereocenters. The number of unbranched alkanes of at least 4 members (excludes halogenated alkanes) is 26. The first-order valence-electron chi connectivity index (χ1n) is 20.0. The number of rotatable bonds is 34. The summed E-state index contributed by atoms with van der Waals surface area (Å²) < 4.78 is 3.34. The molecule has 0 aliphatic rings. The second kappa shape index (κ2) is 48.2. The molecule has 0 aromatic rings. The van der Waals surface area contributed by atoms with Gasteiger partial charge in [-0.3, -0.25) is 0 Å². The molecule has 0 heterocycles. The molecule has 0 aliphatic carbocycles. The molecule has 0 unspecified atom stereocenters. The van der Waals surface area contributed by atoms with Crippen molar-refractivity contribution in [1.29, 1.82) is 0 Å². The van der Waals surface area contributed by atoms with E-state index in [1.165, 1.54) is 154 Å². The third-order valence-corrected chi connectivity index (χ3v) is 13.2. The maximum atomic E-state index is 10.1. The number of carboxylic acid groups (broad SMARTS) is 2. The Morgan fingerprint density at radius 3 is 0.756 bits per heavy atom. The summed E-state index contributed by atoms with van der Waals surface area (Å²) in [7, 11) is 0. The first-order chi connectivity index (χ1) is 22.0. The van der Waals surface area contributed by atoms with E-state index in [4.69, 9.17) is 0 Å². The van der Waals surface area contributed by atoms with Gasteiger partial charge in [0.15, 0.2) is 0 Å². The molecule has 0 amide bonds. The van der Waals surface area contributed by atoms with Gasteiger partial charge in [-0.1, -0.05) is 117 Å². The van der Waals surface area contributed by atoms with E-state index in [0.29, 0.717) is 0 Å². The zero-order chi connectivity index (χ0) is 33.9. The second-order valence-corrected chi connectivity index (χ2v) is 18.3. The summed E-state index contributed by atoms with van der Waals surface area (Å²) >= 11 is -0.0142. The minimum atomic E-state index is -0.909. The van der Waals surface area contributed by atoms with Crippen LogP contribution in [0.4, 0.5) is 0 Å². The van der Waals surface area contributed by atoms with Gasteiger partial charge in [0.25, 0.3) is 0 Å². The summed E-state index contributed by atoms with van der Waals surface area (Å²) in [5.41, 5.74) is 0. The zero-order valence-electron chi connectivity index (χ0n) is 31.1. The van der Waals surface area contributed by atoms with Gasteiger partial charge in [0, 0.05) is 11.9 Å². The minimum absolute atomic E-state index is 0.0142. The molecule has 1 radical (unpaired) electrons. The van der Waals surface area contributed by atoms with Crippen molar-refractivity contribution >= 4 is 35.2 Å². The molecule has 45 heavy (non-hydrogen) atoms. The van der Waals surface area contributed by atoms with E-state index in [1.807, 2.05) is 0 Å². The van der Waals surface area contributed by atoms with Crippen LogP contribution in [0.3, 0.4) is 0 Å². The van der Waals surface area contributed by atoms with E-state index < -0.39 is 11.9 Å². The molecule has 0 spiro atoms. The van der Waals surface area contributed by atoms with Crippen LogP contribution in [0.5, 0.6) is 0 Å². The Morgan fingerprint density at radius 1 is 0.333 bits per heavy atom. The summed E-state index contributed by atoms with van der Waals surface area (Å²) in [6.07, 6.45) is 40.2. The maximum absolute atomic E-state index is 10.1. The summed E-state index contributed by atoms with van der Waals surface area (Å²) in [5.74, 6) is -1.82. The quantitative estimate of drug-likeness (QED) is 0.0478. The third kappa shape index (κ3) is 59.7. The Balaban J connectivity index is -0.000000592. The van der Waals surface area contributed by atoms with E-state index in [0.717, 1.165) is 25.7 Å². The van der Waals surface area contributed by atoms with Crippen molar-refractivity contribution in [2.45, 2.75) is 241 Å². The van der Waals surface area contributed by atoms with E-state index in [-0.39, 0.29) is 36.1 Å². The number of hydrogen-bond acceptors (Lipinski definition) is 4. The summed E-state index contributed by atoms with van der Waals surface area (Å²) in [6.45, 7) is 9.05. The number of carboxylic acids is 2. The molecule has 0 aliphatic heterocycles. The molecule has 269 valence electrons. The molecule has 0 N–H and O–H groups in total. The van der Waals surface area contributed by atoms with Gasteiger partial charge >= 0.3 is 122 Å². The average Bonchev–Trinajstić information content (AvgIpc) is 3.02. The predicted octanol–water partition coefficient (Wildman–Crippen LogP) is 11.6. The predicted molar refractivity (Wildman–Crippen MR) is 196 cm³/mol. The normalized spacial score (nSPS) is 10.5. The van der Waals surface area contributed by atoms with E-state index in [1.54, 1.807) is 21.1 Å². The molecule has 0 rings (SSSR count). The van der Waals surface area contributed by atoms with Crippen LogP contribution in [-0.2, 0) is 9.59 Å². The monoisotopic (exact) mass is 834 g/mol. The van der Waals surface area contributed by atoms with Gasteiger partial charge in [-0.15, -0.1) is 0 Å². The molecular formula is C40H80BiO4. The molecule has 0 fully saturated rings. The van der Waals surface area contributed by atoms with Crippen molar-refractivity contribution < 1.29 is 19.8 Å². The Hall–Kier alpha value is -0.177. The summed E-state index contributed by atoms with van der Waals surface area (Å²) in [4.78, 5) is 20.2. The molecule has 5 heteroatoms. The van der Waals surface area contributed by atoms with Crippen LogP contribution in [-0.4, -0.2) is 35.2 Å². The van der Waals surface area contributed by atoms with Gasteiger partial charge in [-0.05, 0) is 25.7 Å². The number of carbonyl (C=O) groups excluding carboxylic acids is 2. The molecule has 0 saturated heterocycles. The Bertz CT molecular complexity index is 494. The van der Waals surface area contributed by atoms with Crippen molar-refractivity contribution in [2.24, 2.45) is 0 Å². The van der Waals surface area contributed by atoms with Gasteiger partial charge in [0.2, 0.25) is 0 Å². The fraction of sp³-hybridized carbons (Fsp3) is 0.950. The SMILES string of the molecule is CCCCCCCCCCCC(=O)[O-].CCCCCCCCCCCC(=O)[O-].CCCCCCC[CH2][Bi+2][CH2]CCCCCCC. The van der Waals surface area contributed by atoms with Crippen LogP contribution in [0.15, 0.2) is 0 Å². The van der Waals surface area contributed by atoms with Gasteiger partial charge in [0.1, 0.15) is 0 Å². The van der Waals surface area contributed by atoms with Crippen molar-refractivity contribution in [1.82, 2.24) is 0 Å². The molecule has 0 aromatic heterocycles. The van der Waals surface area contributed by atoms with Crippen LogP contribution >= 0.6 is 0 Å². The second-order valence-electron chi connectivity index (χ2n) is 13.1. The van der Waals surface area contributed by atoms with Crippen molar-refractivity contribution in [3.05, 3.63) is 0 Å². The van der Waals surface area contributed by atoms with E-state index in [9.17, 15) is 19.8 Å². The molecule has 4 nitrogen and oxygen atoms in total. The van der Waals surface area contributed by atoms with Crippen LogP contribution in [0.2, 0.25) is 8.26 Å². The molecule has 0 bridgehead atoms. The number of carbonyl (C=O) groups is 2. The van der Waals surface area contributed by atoms with Gasteiger partial charge in [-0.2, -0.15) is 0 Å². The Labute approximate surface area is 295 Å². The molecular weight excluding hydrogens is 753 g/mol. The summed E-state index contributed by atoms with van der Waals surface area (Å²) in [5, 5.41) is 20.2. The standard InChI is InChI=1S/2C12H24O2.2C8H17.Bi/c2*1-2-3-4-5-6-7-8-9-10-11-12(13)14;2*1-3-5-7-8-6-4-2;/h2*2-11H2,1H3,(H,13,14);2*1,3-8H2,2H3;/q;;;;+2/p-2. The van der Waals surface area contributed by atoms with Gasteiger partial charge < -0.3 is 19.8 Å². The molecule has 0 saturated carbocycles. The average molecular weight is 834 g/mol. The van der Waals surface area contributed by atoms with Crippen LogP contribution in [0.1, 0.15) is 233 Å². The third-order valence-electron chi connectivity index (χ3n) is 8.31. The van der Waals surface area contributed by atoms with Crippen molar-refractivity contribution in [3.63, 3.8) is 0 Å². The Kier molecular flexibility index (Phi) is 52.7. The van der Waals surface area contributed by atoms with Crippen LogP contribution in [0, 0.1) is 0 Å². The van der Waals surface area contributed by atoms with Crippen LogP contribution in [0.25, 0.3) is 0 Å².